The van der Waals surface area contributed by atoms with E-state index in [2.05, 4.69) is 24.7 Å². The van der Waals surface area contributed by atoms with Crippen molar-refractivity contribution in [1.82, 2.24) is 24.7 Å². The first-order valence-corrected chi connectivity index (χ1v) is 14.6. The van der Waals surface area contributed by atoms with Crippen molar-refractivity contribution in [1.29, 1.82) is 5.41 Å². The smallest absolute Gasteiger partial charge is 0.120 e. The van der Waals surface area contributed by atoms with Gasteiger partial charge in [-0.3, -0.25) is 10.3 Å². The molecular weight excluding hydrogens is 434 g/mol. The topological polar surface area (TPSA) is 88.3 Å². The Hall–Kier alpha value is -1.44. The van der Waals surface area contributed by atoms with Gasteiger partial charge in [-0.05, 0) is 94.7 Å². The van der Waals surface area contributed by atoms with Gasteiger partial charge in [0.15, 0.2) is 0 Å². The number of aromatic nitrogens is 2. The molecular formula is C28H49N7. The highest BCUT2D eigenvalue weighted by Crippen LogP contribution is 2.42. The van der Waals surface area contributed by atoms with Crippen LogP contribution in [0.4, 0.5) is 0 Å². The average Bonchev–Trinajstić information content (AvgIpc) is 3.51. The zero-order chi connectivity index (χ0) is 24.1. The van der Waals surface area contributed by atoms with Crippen molar-refractivity contribution >= 4 is 5.84 Å². The second kappa shape index (κ2) is 11.7. The molecule has 7 nitrogen and oxygen atoms in total. The third-order valence-electron chi connectivity index (χ3n) is 9.79. The molecule has 3 heterocycles. The molecule has 5 rings (SSSR count). The summed E-state index contributed by atoms with van der Waals surface area (Å²) in [7, 11) is 0. The maximum absolute atomic E-state index is 7.77. The zero-order valence-corrected chi connectivity index (χ0v) is 21.9. The van der Waals surface area contributed by atoms with Gasteiger partial charge in [-0.1, -0.05) is 19.3 Å². The molecule has 2 aliphatic carbocycles. The Morgan fingerprint density at radius 3 is 2.43 bits per heavy atom. The lowest BCUT2D eigenvalue weighted by Crippen LogP contribution is -2.47. The molecule has 4 N–H and O–H groups in total. The van der Waals surface area contributed by atoms with Gasteiger partial charge in [0.05, 0.1) is 13.1 Å². The minimum atomic E-state index is 0.248. The number of imidazole rings is 1. The second-order valence-electron chi connectivity index (χ2n) is 12.4. The van der Waals surface area contributed by atoms with Crippen LogP contribution in [-0.2, 0) is 6.54 Å². The summed E-state index contributed by atoms with van der Waals surface area (Å²) >= 11 is 0. The highest BCUT2D eigenvalue weighted by molar-refractivity contribution is 5.78. The fourth-order valence-electron chi connectivity index (χ4n) is 7.75. The summed E-state index contributed by atoms with van der Waals surface area (Å²) in [6.07, 6.45) is 20.6. The van der Waals surface area contributed by atoms with Gasteiger partial charge >= 0.3 is 0 Å². The first-order chi connectivity index (χ1) is 17.1. The third-order valence-corrected chi connectivity index (χ3v) is 9.79. The molecule has 0 radical (unpaired) electrons. The number of nitrogens with two attached hydrogens (primary N) is 1. The highest BCUT2D eigenvalue weighted by Gasteiger charge is 2.42. The van der Waals surface area contributed by atoms with Crippen LogP contribution in [-0.4, -0.2) is 82.4 Å². The van der Waals surface area contributed by atoms with Crippen LogP contribution in [0.3, 0.4) is 0 Å². The molecule has 4 aliphatic rings. The molecule has 196 valence electrons. The molecule has 35 heavy (non-hydrogen) atoms. The first-order valence-electron chi connectivity index (χ1n) is 14.6. The predicted molar refractivity (Wildman–Crippen MR) is 142 cm³/mol. The van der Waals surface area contributed by atoms with Crippen LogP contribution in [0.5, 0.6) is 0 Å². The van der Waals surface area contributed by atoms with Crippen LogP contribution in [0.1, 0.15) is 82.9 Å². The number of likely N-dealkylation sites (tertiary alicyclic amines) is 2. The Bertz CT molecular complexity index is 771. The Morgan fingerprint density at radius 2 is 1.74 bits per heavy atom. The van der Waals surface area contributed by atoms with Crippen molar-refractivity contribution in [2.45, 2.75) is 89.6 Å². The van der Waals surface area contributed by atoms with Crippen LogP contribution < -0.4 is 5.73 Å². The number of H-pyrrole nitrogens is 1. The predicted octanol–water partition coefficient (Wildman–Crippen LogP) is 4.07. The lowest BCUT2D eigenvalue weighted by Gasteiger charge is -2.44. The van der Waals surface area contributed by atoms with Gasteiger partial charge in [-0.2, -0.15) is 0 Å². The minimum Gasteiger partial charge on any atom is -0.387 e. The molecule has 7 heteroatoms. The van der Waals surface area contributed by atoms with E-state index in [1.165, 1.54) is 110 Å². The summed E-state index contributed by atoms with van der Waals surface area (Å²) in [4.78, 5) is 15.6. The summed E-state index contributed by atoms with van der Waals surface area (Å²) in [5.41, 5.74) is 6.37. The minimum absolute atomic E-state index is 0.248. The largest absolute Gasteiger partial charge is 0.387 e. The Balaban J connectivity index is 1.03. The molecule has 0 amide bonds. The summed E-state index contributed by atoms with van der Waals surface area (Å²) in [5, 5.41) is 7.77. The van der Waals surface area contributed by atoms with Crippen molar-refractivity contribution < 1.29 is 0 Å². The average molecular weight is 484 g/mol. The van der Waals surface area contributed by atoms with Gasteiger partial charge in [-0.15, -0.1) is 0 Å². The van der Waals surface area contributed by atoms with E-state index in [1.807, 2.05) is 6.20 Å². The molecule has 2 saturated carbocycles. The second-order valence-corrected chi connectivity index (χ2v) is 12.4. The van der Waals surface area contributed by atoms with Crippen molar-refractivity contribution in [3.63, 3.8) is 0 Å². The number of amidine groups is 1. The number of aromatic amines is 1. The normalized spacial score (nSPS) is 28.7. The van der Waals surface area contributed by atoms with Crippen LogP contribution in [0.15, 0.2) is 12.4 Å². The third kappa shape index (κ3) is 6.86. The van der Waals surface area contributed by atoms with Crippen LogP contribution >= 0.6 is 0 Å². The van der Waals surface area contributed by atoms with E-state index in [4.69, 9.17) is 11.1 Å². The first kappa shape index (κ1) is 25.2. The Morgan fingerprint density at radius 1 is 1.03 bits per heavy atom. The lowest BCUT2D eigenvalue weighted by atomic mass is 9.77. The summed E-state index contributed by atoms with van der Waals surface area (Å²) in [5.74, 6) is 2.80. The van der Waals surface area contributed by atoms with E-state index in [1.54, 1.807) is 6.20 Å². The van der Waals surface area contributed by atoms with E-state index in [9.17, 15) is 0 Å². The molecule has 0 aromatic carbocycles. The number of rotatable bonds is 9. The molecule has 2 saturated heterocycles. The van der Waals surface area contributed by atoms with Crippen molar-refractivity contribution in [3.8, 4) is 0 Å². The van der Waals surface area contributed by atoms with E-state index < -0.39 is 0 Å². The maximum atomic E-state index is 7.77. The van der Waals surface area contributed by atoms with Crippen LogP contribution in [0.2, 0.25) is 0 Å². The van der Waals surface area contributed by atoms with Gasteiger partial charge in [0.25, 0.3) is 0 Å². The summed E-state index contributed by atoms with van der Waals surface area (Å²) in [6, 6.07) is 0.902. The van der Waals surface area contributed by atoms with E-state index in [0.29, 0.717) is 12.0 Å². The van der Waals surface area contributed by atoms with Gasteiger partial charge in [0.1, 0.15) is 11.7 Å². The van der Waals surface area contributed by atoms with Crippen molar-refractivity contribution in [2.75, 3.05) is 45.8 Å². The summed E-state index contributed by atoms with van der Waals surface area (Å²) < 4.78 is 0. The Kier molecular flexibility index (Phi) is 8.46. The molecule has 1 spiro atoms. The molecule has 1 aromatic rings. The molecule has 0 bridgehead atoms. The SMILES string of the molecule is N=C(N)CN(Cc1ncc[nH]1)CC1CCC(CN2CCC3(CCN(C4CCCCC4)CC3)C2)CC1. The fraction of sp³-hybridized carbons (Fsp3) is 0.857. The van der Waals surface area contributed by atoms with Gasteiger partial charge in [0, 0.05) is 38.1 Å². The standard InChI is InChI=1S/C28H49N7/c29-26(30)20-34(21-27-31-13-14-32-27)19-24-8-6-23(7-9-24)18-33-15-10-28(22-33)11-16-35(17-12-28)25-4-2-1-3-5-25/h13-14,23-25H,1-12,15-22H2,(H3,29,30)(H,31,32). The summed E-state index contributed by atoms with van der Waals surface area (Å²) in [6.45, 7) is 9.05. The van der Waals surface area contributed by atoms with E-state index >= 15 is 0 Å². The molecule has 0 unspecified atom stereocenters. The molecule has 1 aromatic heterocycles. The molecule has 4 fully saturated rings. The lowest BCUT2D eigenvalue weighted by molar-refractivity contribution is 0.0599. The van der Waals surface area contributed by atoms with Crippen LogP contribution in [0, 0.1) is 22.7 Å². The number of nitrogens with one attached hydrogen (secondary N) is 2. The van der Waals surface area contributed by atoms with Gasteiger partial charge < -0.3 is 20.5 Å². The number of hydrogen-bond donors (Lipinski definition) is 3. The van der Waals surface area contributed by atoms with Crippen LogP contribution in [0.25, 0.3) is 0 Å². The fourth-order valence-corrected chi connectivity index (χ4v) is 7.75. The van der Waals surface area contributed by atoms with E-state index in [0.717, 1.165) is 36.8 Å². The molecule has 2 aliphatic heterocycles. The zero-order valence-electron chi connectivity index (χ0n) is 21.9. The van der Waals surface area contributed by atoms with Crippen molar-refractivity contribution in [2.24, 2.45) is 23.0 Å². The quantitative estimate of drug-likeness (QED) is 0.364. The Labute approximate surface area is 212 Å². The highest BCUT2D eigenvalue weighted by atomic mass is 15.2. The number of piperidine rings is 1. The number of hydrogen-bond acceptors (Lipinski definition) is 5. The maximum Gasteiger partial charge on any atom is 0.120 e. The van der Waals surface area contributed by atoms with E-state index in [-0.39, 0.29) is 5.84 Å². The van der Waals surface area contributed by atoms with Gasteiger partial charge in [-0.25, -0.2) is 4.98 Å². The van der Waals surface area contributed by atoms with Gasteiger partial charge in [0.2, 0.25) is 0 Å². The number of nitrogens with zero attached hydrogens (tertiary/aromatic N) is 4. The van der Waals surface area contributed by atoms with Crippen molar-refractivity contribution in [3.05, 3.63) is 18.2 Å². The monoisotopic (exact) mass is 483 g/mol. The molecule has 0 atom stereocenters.